The first-order chi connectivity index (χ1) is 14.5. The van der Waals surface area contributed by atoms with Gasteiger partial charge in [-0.2, -0.15) is 4.31 Å². The van der Waals surface area contributed by atoms with Gasteiger partial charge in [-0.1, -0.05) is 37.3 Å². The van der Waals surface area contributed by atoms with Crippen molar-refractivity contribution in [3.63, 3.8) is 0 Å². The van der Waals surface area contributed by atoms with Gasteiger partial charge < -0.3 is 10.2 Å². The molecular formula is C22H36N4O3S. The molecule has 0 aromatic heterocycles. The normalized spacial score (nSPS) is 21.7. The summed E-state index contributed by atoms with van der Waals surface area (Å²) < 4.78 is 26.1. The molecule has 7 nitrogen and oxygen atoms in total. The van der Waals surface area contributed by atoms with Crippen LogP contribution in [0.5, 0.6) is 0 Å². The van der Waals surface area contributed by atoms with Crippen molar-refractivity contribution in [2.45, 2.75) is 45.2 Å². The first kappa shape index (κ1) is 23.2. The van der Waals surface area contributed by atoms with E-state index in [0.29, 0.717) is 25.9 Å². The molecule has 0 spiro atoms. The van der Waals surface area contributed by atoms with Gasteiger partial charge in [-0.05, 0) is 37.8 Å². The minimum atomic E-state index is -3.32. The van der Waals surface area contributed by atoms with E-state index in [0.717, 1.165) is 52.1 Å². The molecule has 2 aliphatic rings. The molecule has 3 rings (SSSR count). The Morgan fingerprint density at radius 3 is 2.47 bits per heavy atom. The minimum Gasteiger partial charge on any atom is -0.355 e. The predicted octanol–water partition coefficient (Wildman–Crippen LogP) is 1.51. The Morgan fingerprint density at radius 2 is 1.77 bits per heavy atom. The van der Waals surface area contributed by atoms with Crippen molar-refractivity contribution in [3.05, 3.63) is 35.9 Å². The Hall–Kier alpha value is -1.48. The van der Waals surface area contributed by atoms with Gasteiger partial charge in [0.25, 0.3) is 0 Å². The summed E-state index contributed by atoms with van der Waals surface area (Å²) in [6.07, 6.45) is 2.84. The molecule has 1 unspecified atom stereocenters. The van der Waals surface area contributed by atoms with E-state index in [1.165, 1.54) is 9.87 Å². The molecule has 1 amide bonds. The number of carbonyl (C=O) groups excluding carboxylic acids is 1. The number of amides is 1. The van der Waals surface area contributed by atoms with Gasteiger partial charge in [-0.15, -0.1) is 0 Å². The largest absolute Gasteiger partial charge is 0.355 e. The molecule has 168 valence electrons. The van der Waals surface area contributed by atoms with Crippen molar-refractivity contribution in [1.29, 1.82) is 0 Å². The van der Waals surface area contributed by atoms with Crippen LogP contribution >= 0.6 is 0 Å². The monoisotopic (exact) mass is 436 g/mol. The van der Waals surface area contributed by atoms with Gasteiger partial charge in [0.1, 0.15) is 6.04 Å². The molecule has 0 saturated carbocycles. The number of sulfonamides is 1. The van der Waals surface area contributed by atoms with Crippen LogP contribution < -0.4 is 5.32 Å². The van der Waals surface area contributed by atoms with Crippen molar-refractivity contribution >= 4 is 15.9 Å². The van der Waals surface area contributed by atoms with E-state index in [1.54, 1.807) is 0 Å². The van der Waals surface area contributed by atoms with Gasteiger partial charge in [-0.25, -0.2) is 8.42 Å². The van der Waals surface area contributed by atoms with Crippen LogP contribution in [-0.4, -0.2) is 86.0 Å². The summed E-state index contributed by atoms with van der Waals surface area (Å²) in [5, 5.41) is 2.97. The van der Waals surface area contributed by atoms with Crippen LogP contribution in [0.1, 0.15) is 38.2 Å². The highest BCUT2D eigenvalue weighted by Gasteiger charge is 2.37. The molecule has 2 aliphatic heterocycles. The Balaban J connectivity index is 1.33. The number of rotatable bonds is 10. The number of nitrogens with one attached hydrogen (secondary N) is 1. The first-order valence-electron chi connectivity index (χ1n) is 11.3. The lowest BCUT2D eigenvalue weighted by atomic mass is 10.2. The zero-order chi connectivity index (χ0) is 21.4. The smallest absolute Gasteiger partial charge is 0.238 e. The molecule has 1 aromatic carbocycles. The summed E-state index contributed by atoms with van der Waals surface area (Å²) in [4.78, 5) is 17.5. The second-order valence-corrected chi connectivity index (χ2v) is 10.4. The number of hydrogen-bond acceptors (Lipinski definition) is 5. The van der Waals surface area contributed by atoms with Crippen LogP contribution in [0.3, 0.4) is 0 Å². The van der Waals surface area contributed by atoms with E-state index in [1.807, 2.05) is 6.92 Å². The van der Waals surface area contributed by atoms with Gasteiger partial charge in [-0.3, -0.25) is 9.69 Å². The van der Waals surface area contributed by atoms with Crippen molar-refractivity contribution < 1.29 is 13.2 Å². The topological polar surface area (TPSA) is 73.0 Å². The standard InChI is InChI=1S/C22H36N4O3S/c1-2-18-30(28,29)26-13-6-10-21(26)22(27)23-11-7-12-24-14-16-25(17-15-24)19-20-8-4-3-5-9-20/h3-5,8-9,21H,2,6-7,10-19H2,1H3,(H,23,27). The molecule has 8 heteroatoms. The fourth-order valence-corrected chi connectivity index (χ4v) is 6.10. The third kappa shape index (κ3) is 6.51. The Labute approximate surface area is 181 Å². The van der Waals surface area contributed by atoms with Crippen molar-refractivity contribution in [3.8, 4) is 0 Å². The lowest BCUT2D eigenvalue weighted by Gasteiger charge is -2.34. The number of carbonyl (C=O) groups is 1. The highest BCUT2D eigenvalue weighted by molar-refractivity contribution is 7.89. The van der Waals surface area contributed by atoms with Gasteiger partial charge >= 0.3 is 0 Å². The zero-order valence-corrected chi connectivity index (χ0v) is 18.9. The van der Waals surface area contributed by atoms with Crippen LogP contribution in [0.2, 0.25) is 0 Å². The Kier molecular flexibility index (Phi) is 8.68. The summed E-state index contributed by atoms with van der Waals surface area (Å²) in [5.41, 5.74) is 1.36. The van der Waals surface area contributed by atoms with Crippen LogP contribution in [0, 0.1) is 0 Å². The maximum absolute atomic E-state index is 12.5. The van der Waals surface area contributed by atoms with E-state index in [9.17, 15) is 13.2 Å². The van der Waals surface area contributed by atoms with Gasteiger partial charge in [0.2, 0.25) is 15.9 Å². The maximum Gasteiger partial charge on any atom is 0.238 e. The summed E-state index contributed by atoms with van der Waals surface area (Å²) in [7, 11) is -3.32. The number of benzene rings is 1. The summed E-state index contributed by atoms with van der Waals surface area (Å²) >= 11 is 0. The molecular weight excluding hydrogens is 400 g/mol. The molecule has 2 fully saturated rings. The molecule has 0 radical (unpaired) electrons. The number of hydrogen-bond donors (Lipinski definition) is 1. The Morgan fingerprint density at radius 1 is 1.07 bits per heavy atom. The highest BCUT2D eigenvalue weighted by Crippen LogP contribution is 2.22. The lowest BCUT2D eigenvalue weighted by molar-refractivity contribution is -0.124. The van der Waals surface area contributed by atoms with Gasteiger partial charge in [0, 0.05) is 45.8 Å². The SMILES string of the molecule is CCCS(=O)(=O)N1CCCC1C(=O)NCCCN1CCN(Cc2ccccc2)CC1. The maximum atomic E-state index is 12.5. The highest BCUT2D eigenvalue weighted by atomic mass is 32.2. The Bertz CT molecular complexity index is 764. The average Bonchev–Trinajstić information content (AvgIpc) is 3.24. The van der Waals surface area contributed by atoms with E-state index < -0.39 is 16.1 Å². The number of piperazine rings is 1. The first-order valence-corrected chi connectivity index (χ1v) is 12.9. The van der Waals surface area contributed by atoms with Gasteiger partial charge in [0.15, 0.2) is 0 Å². The number of nitrogens with zero attached hydrogens (tertiary/aromatic N) is 3. The molecule has 1 atom stereocenters. The van der Waals surface area contributed by atoms with Crippen LogP contribution in [0.15, 0.2) is 30.3 Å². The third-order valence-electron chi connectivity index (χ3n) is 5.99. The van der Waals surface area contributed by atoms with Crippen LogP contribution in [-0.2, 0) is 21.4 Å². The molecule has 0 aliphatic carbocycles. The molecule has 1 N–H and O–H groups in total. The quantitative estimate of drug-likeness (QED) is 0.563. The zero-order valence-electron chi connectivity index (χ0n) is 18.1. The summed E-state index contributed by atoms with van der Waals surface area (Å²) in [5.74, 6) is -0.0209. The van der Waals surface area contributed by atoms with Crippen molar-refractivity contribution in [2.75, 3.05) is 51.6 Å². The summed E-state index contributed by atoms with van der Waals surface area (Å²) in [6, 6.07) is 10.0. The molecule has 1 aromatic rings. The lowest BCUT2D eigenvalue weighted by Crippen LogP contribution is -2.48. The average molecular weight is 437 g/mol. The van der Waals surface area contributed by atoms with Crippen LogP contribution in [0.25, 0.3) is 0 Å². The van der Waals surface area contributed by atoms with Gasteiger partial charge in [0.05, 0.1) is 5.75 Å². The van der Waals surface area contributed by atoms with E-state index in [4.69, 9.17) is 0 Å². The second kappa shape index (κ2) is 11.2. The summed E-state index contributed by atoms with van der Waals surface area (Å²) in [6.45, 7) is 9.10. The molecule has 30 heavy (non-hydrogen) atoms. The van der Waals surface area contributed by atoms with E-state index >= 15 is 0 Å². The molecule has 2 heterocycles. The van der Waals surface area contributed by atoms with E-state index in [-0.39, 0.29) is 11.7 Å². The molecule has 2 saturated heterocycles. The van der Waals surface area contributed by atoms with Crippen molar-refractivity contribution in [2.24, 2.45) is 0 Å². The minimum absolute atomic E-state index is 0.118. The fourth-order valence-electron chi connectivity index (χ4n) is 4.36. The second-order valence-electron chi connectivity index (χ2n) is 8.33. The van der Waals surface area contributed by atoms with E-state index in [2.05, 4.69) is 45.4 Å². The molecule has 0 bridgehead atoms. The fraction of sp³-hybridized carbons (Fsp3) is 0.682. The van der Waals surface area contributed by atoms with Crippen molar-refractivity contribution in [1.82, 2.24) is 19.4 Å². The third-order valence-corrected chi connectivity index (χ3v) is 8.07. The predicted molar refractivity (Wildman–Crippen MR) is 120 cm³/mol. The van der Waals surface area contributed by atoms with Crippen LogP contribution in [0.4, 0.5) is 0 Å².